The Balaban J connectivity index is 2.06. The van der Waals surface area contributed by atoms with Gasteiger partial charge >= 0.3 is 0 Å². The second-order valence-corrected chi connectivity index (χ2v) is 12.2. The molecule has 38 heavy (non-hydrogen) atoms. The molecular weight excluding hydrogens is 590 g/mol. The summed E-state index contributed by atoms with van der Waals surface area (Å²) >= 11 is 9.78. The molecule has 0 aliphatic rings. The van der Waals surface area contributed by atoms with E-state index in [0.717, 1.165) is 8.78 Å². The summed E-state index contributed by atoms with van der Waals surface area (Å²) in [5.74, 6) is -0.845. The molecule has 0 radical (unpaired) electrons. The molecule has 0 saturated heterocycles. The molecule has 202 valence electrons. The number of nitrogens with zero attached hydrogens (tertiary/aromatic N) is 2. The topological polar surface area (TPSA) is 86.8 Å². The van der Waals surface area contributed by atoms with Crippen molar-refractivity contribution in [1.29, 1.82) is 0 Å². The lowest BCUT2D eigenvalue weighted by Gasteiger charge is -2.33. The Morgan fingerprint density at radius 2 is 1.55 bits per heavy atom. The van der Waals surface area contributed by atoms with Gasteiger partial charge in [0, 0.05) is 22.1 Å². The summed E-state index contributed by atoms with van der Waals surface area (Å²) in [6.45, 7) is 5.03. The fourth-order valence-electron chi connectivity index (χ4n) is 3.97. The average Bonchev–Trinajstić information content (AvgIpc) is 2.88. The van der Waals surface area contributed by atoms with Gasteiger partial charge in [0.25, 0.3) is 10.0 Å². The molecule has 2 amide bonds. The fraction of sp³-hybridized carbons (Fsp3) is 0.286. The van der Waals surface area contributed by atoms with Crippen LogP contribution >= 0.6 is 27.5 Å². The van der Waals surface area contributed by atoms with Crippen molar-refractivity contribution in [1.82, 2.24) is 10.2 Å². The van der Waals surface area contributed by atoms with Gasteiger partial charge in [-0.2, -0.15) is 0 Å². The summed E-state index contributed by atoms with van der Waals surface area (Å²) in [5, 5.41) is 3.32. The Morgan fingerprint density at radius 1 is 0.947 bits per heavy atom. The third-order valence-corrected chi connectivity index (χ3v) is 8.53. The number of carbonyl (C=O) groups excluding carboxylic acids is 2. The Morgan fingerprint density at radius 3 is 2.13 bits per heavy atom. The molecule has 7 nitrogen and oxygen atoms in total. The van der Waals surface area contributed by atoms with Gasteiger partial charge in [-0.25, -0.2) is 8.42 Å². The molecule has 0 aliphatic carbocycles. The molecule has 0 spiro atoms. The van der Waals surface area contributed by atoms with Crippen LogP contribution in [0.3, 0.4) is 0 Å². The first-order valence-electron chi connectivity index (χ1n) is 12.2. The van der Waals surface area contributed by atoms with E-state index < -0.39 is 28.5 Å². The lowest BCUT2D eigenvalue weighted by molar-refractivity contribution is -0.140. The normalized spacial score (nSPS) is 12.2. The number of sulfonamides is 1. The lowest BCUT2D eigenvalue weighted by Crippen LogP contribution is -2.53. The molecule has 0 saturated carbocycles. The van der Waals surface area contributed by atoms with Gasteiger partial charge in [0.05, 0.1) is 10.6 Å². The molecule has 3 aromatic rings. The van der Waals surface area contributed by atoms with E-state index in [1.807, 2.05) is 20.8 Å². The highest BCUT2D eigenvalue weighted by Gasteiger charge is 2.34. The number of rotatable bonds is 11. The Hall–Kier alpha value is -2.88. The number of hydrogen-bond acceptors (Lipinski definition) is 4. The standard InChI is InChI=1S/C28H31BrClN3O4S/c1-4-26(28(35)31-20(2)3)32(18-21-10-8-9-13-25(21)30)27(34)19-33(23-16-14-22(29)15-17-23)38(36,37)24-11-6-5-7-12-24/h5-17,20,26H,4,18-19H2,1-3H3,(H,31,35)/t26-/m1/s1. The van der Waals surface area contributed by atoms with E-state index in [4.69, 9.17) is 11.6 Å². The predicted molar refractivity (Wildman–Crippen MR) is 154 cm³/mol. The fourth-order valence-corrected chi connectivity index (χ4v) is 5.86. The average molecular weight is 621 g/mol. The molecule has 3 rings (SSSR count). The quantitative estimate of drug-likeness (QED) is 0.301. The second-order valence-electron chi connectivity index (χ2n) is 9.00. The Bertz CT molecular complexity index is 1350. The van der Waals surface area contributed by atoms with E-state index in [9.17, 15) is 18.0 Å². The van der Waals surface area contributed by atoms with E-state index >= 15 is 0 Å². The number of hydrogen-bond donors (Lipinski definition) is 1. The summed E-state index contributed by atoms with van der Waals surface area (Å²) in [7, 11) is -4.10. The van der Waals surface area contributed by atoms with E-state index in [0.29, 0.717) is 22.7 Å². The van der Waals surface area contributed by atoms with E-state index in [2.05, 4.69) is 21.2 Å². The highest BCUT2D eigenvalue weighted by molar-refractivity contribution is 9.10. The third-order valence-electron chi connectivity index (χ3n) is 5.84. The van der Waals surface area contributed by atoms with Gasteiger partial charge in [-0.05, 0) is 68.3 Å². The zero-order valence-electron chi connectivity index (χ0n) is 21.5. The summed E-state index contributed by atoms with van der Waals surface area (Å²) in [4.78, 5) is 28.6. The molecule has 3 aromatic carbocycles. The lowest BCUT2D eigenvalue weighted by atomic mass is 10.1. The van der Waals surface area contributed by atoms with Crippen LogP contribution in [0.25, 0.3) is 0 Å². The molecule has 0 aromatic heterocycles. The summed E-state index contributed by atoms with van der Waals surface area (Å²) < 4.78 is 29.3. The molecule has 0 fully saturated rings. The van der Waals surface area contributed by atoms with Crippen LogP contribution in [-0.2, 0) is 26.2 Å². The van der Waals surface area contributed by atoms with E-state index in [1.54, 1.807) is 66.7 Å². The van der Waals surface area contributed by atoms with Crippen molar-refractivity contribution in [2.45, 2.75) is 50.7 Å². The molecular formula is C28H31BrClN3O4S. The smallest absolute Gasteiger partial charge is 0.264 e. The minimum absolute atomic E-state index is 0.0437. The number of benzene rings is 3. The minimum atomic E-state index is -4.10. The van der Waals surface area contributed by atoms with Gasteiger partial charge < -0.3 is 10.2 Å². The number of carbonyl (C=O) groups is 2. The predicted octanol–water partition coefficient (Wildman–Crippen LogP) is 5.63. The molecule has 1 atom stereocenters. The van der Waals surface area contributed by atoms with Crippen molar-refractivity contribution in [3.63, 3.8) is 0 Å². The van der Waals surface area contributed by atoms with Crippen molar-refractivity contribution < 1.29 is 18.0 Å². The van der Waals surface area contributed by atoms with Crippen molar-refractivity contribution in [3.05, 3.63) is 93.9 Å². The maximum Gasteiger partial charge on any atom is 0.264 e. The van der Waals surface area contributed by atoms with Crippen LogP contribution in [0.5, 0.6) is 0 Å². The molecule has 0 bridgehead atoms. The third kappa shape index (κ3) is 7.36. The van der Waals surface area contributed by atoms with Crippen LogP contribution in [0.15, 0.2) is 88.2 Å². The van der Waals surface area contributed by atoms with Gasteiger partial charge in [-0.1, -0.05) is 70.9 Å². The van der Waals surface area contributed by atoms with Crippen LogP contribution in [0.4, 0.5) is 5.69 Å². The zero-order chi connectivity index (χ0) is 27.9. The van der Waals surface area contributed by atoms with Gasteiger partial charge in [0.15, 0.2) is 0 Å². The van der Waals surface area contributed by atoms with Crippen molar-refractivity contribution in [2.75, 3.05) is 10.8 Å². The summed E-state index contributed by atoms with van der Waals surface area (Å²) in [5.41, 5.74) is 0.974. The van der Waals surface area contributed by atoms with Crippen molar-refractivity contribution >= 4 is 55.1 Å². The van der Waals surface area contributed by atoms with Crippen molar-refractivity contribution in [3.8, 4) is 0 Å². The number of anilines is 1. The first-order chi connectivity index (χ1) is 18.0. The number of nitrogens with one attached hydrogen (secondary N) is 1. The number of amides is 2. The molecule has 1 N–H and O–H groups in total. The van der Waals surface area contributed by atoms with Gasteiger partial charge in [0.1, 0.15) is 12.6 Å². The number of halogens is 2. The summed E-state index contributed by atoms with van der Waals surface area (Å²) in [6.07, 6.45) is 0.332. The molecule has 0 aliphatic heterocycles. The van der Waals surface area contributed by atoms with Crippen LogP contribution < -0.4 is 9.62 Å². The van der Waals surface area contributed by atoms with Crippen LogP contribution in [0, 0.1) is 0 Å². The van der Waals surface area contributed by atoms with Crippen LogP contribution in [0.1, 0.15) is 32.8 Å². The van der Waals surface area contributed by atoms with E-state index in [-0.39, 0.29) is 23.4 Å². The molecule has 0 unspecified atom stereocenters. The molecule has 0 heterocycles. The van der Waals surface area contributed by atoms with Crippen molar-refractivity contribution in [2.24, 2.45) is 0 Å². The highest BCUT2D eigenvalue weighted by atomic mass is 79.9. The Labute approximate surface area is 238 Å². The zero-order valence-corrected chi connectivity index (χ0v) is 24.6. The SMILES string of the molecule is CC[C@H](C(=O)NC(C)C)N(Cc1ccccc1Cl)C(=O)CN(c1ccc(Br)cc1)S(=O)(=O)c1ccccc1. The summed E-state index contributed by atoms with van der Waals surface area (Å²) in [6, 6.07) is 20.7. The maximum atomic E-state index is 14.0. The Kier molecular flexibility index (Phi) is 10.4. The first-order valence-corrected chi connectivity index (χ1v) is 14.8. The van der Waals surface area contributed by atoms with Crippen LogP contribution in [0.2, 0.25) is 5.02 Å². The van der Waals surface area contributed by atoms with E-state index in [1.165, 1.54) is 17.0 Å². The molecule has 10 heteroatoms. The minimum Gasteiger partial charge on any atom is -0.352 e. The highest BCUT2D eigenvalue weighted by Crippen LogP contribution is 2.27. The van der Waals surface area contributed by atoms with Crippen LogP contribution in [-0.4, -0.2) is 43.8 Å². The van der Waals surface area contributed by atoms with Gasteiger partial charge in [0.2, 0.25) is 11.8 Å². The van der Waals surface area contributed by atoms with Gasteiger partial charge in [-0.3, -0.25) is 13.9 Å². The first kappa shape index (κ1) is 29.7. The second kappa shape index (κ2) is 13.3. The monoisotopic (exact) mass is 619 g/mol. The van der Waals surface area contributed by atoms with Gasteiger partial charge in [-0.15, -0.1) is 0 Å². The maximum absolute atomic E-state index is 14.0. The largest absolute Gasteiger partial charge is 0.352 e.